The van der Waals surface area contributed by atoms with Crippen LogP contribution in [-0.2, 0) is 23.5 Å². The topological polar surface area (TPSA) is 79.6 Å². The third kappa shape index (κ3) is 2.19. The normalized spacial score (nSPS) is 14.2. The van der Waals surface area contributed by atoms with Crippen molar-refractivity contribution in [3.8, 4) is 0 Å². The van der Waals surface area contributed by atoms with Crippen molar-refractivity contribution in [1.29, 1.82) is 0 Å². The molecular weight excluding hydrogens is 292 g/mol. The molecule has 1 aromatic carbocycles. The maximum Gasteiger partial charge on any atom is 0.335 e. The zero-order valence-electron chi connectivity index (χ0n) is 11.4. The van der Waals surface area contributed by atoms with E-state index in [1.165, 1.54) is 16.4 Å². The van der Waals surface area contributed by atoms with E-state index in [4.69, 9.17) is 5.11 Å². The highest BCUT2D eigenvalue weighted by atomic mass is 32.2. The van der Waals surface area contributed by atoms with Crippen LogP contribution in [0.25, 0.3) is 0 Å². The van der Waals surface area contributed by atoms with Gasteiger partial charge in [-0.1, -0.05) is 0 Å². The Labute approximate surface area is 122 Å². The van der Waals surface area contributed by atoms with Gasteiger partial charge in [-0.25, -0.2) is 13.2 Å². The van der Waals surface area contributed by atoms with Gasteiger partial charge in [0.15, 0.2) is 0 Å². The number of fused-ring (bicyclic) bond motifs is 1. The number of carboxylic acid groups (broad SMARTS) is 1. The number of hydrogen-bond donors (Lipinski definition) is 1. The molecule has 7 heteroatoms. The van der Waals surface area contributed by atoms with Gasteiger partial charge in [0.2, 0.25) is 0 Å². The fourth-order valence-corrected chi connectivity index (χ4v) is 4.07. The fourth-order valence-electron chi connectivity index (χ4n) is 2.51. The summed E-state index contributed by atoms with van der Waals surface area (Å²) in [4.78, 5) is 11.2. The van der Waals surface area contributed by atoms with Crippen LogP contribution in [0, 0.1) is 0 Å². The highest BCUT2D eigenvalue weighted by molar-refractivity contribution is 7.92. The van der Waals surface area contributed by atoms with Crippen molar-refractivity contribution in [2.24, 2.45) is 7.05 Å². The Morgan fingerprint density at radius 2 is 2.05 bits per heavy atom. The maximum atomic E-state index is 12.6. The van der Waals surface area contributed by atoms with E-state index in [-0.39, 0.29) is 10.5 Å². The number of sulfonamides is 1. The Morgan fingerprint density at radius 3 is 2.67 bits per heavy atom. The summed E-state index contributed by atoms with van der Waals surface area (Å²) in [5, 5.41) is 8.99. The first-order chi connectivity index (χ1) is 9.89. The number of rotatable bonds is 3. The van der Waals surface area contributed by atoms with Crippen LogP contribution < -0.4 is 4.31 Å². The molecule has 0 fully saturated rings. The highest BCUT2D eigenvalue weighted by Crippen LogP contribution is 2.33. The third-order valence-corrected chi connectivity index (χ3v) is 5.37. The molecule has 1 aromatic heterocycles. The SMILES string of the molecule is Cn1ccc(S(=O)(=O)N2CCc3cc(C(=O)O)ccc32)c1. The molecular formula is C14H14N2O4S. The Kier molecular flexibility index (Phi) is 3.02. The minimum atomic E-state index is -3.60. The summed E-state index contributed by atoms with van der Waals surface area (Å²) in [5.74, 6) is -1.01. The van der Waals surface area contributed by atoms with Gasteiger partial charge in [0, 0.05) is 26.0 Å². The largest absolute Gasteiger partial charge is 0.478 e. The van der Waals surface area contributed by atoms with E-state index in [1.807, 2.05) is 0 Å². The van der Waals surface area contributed by atoms with E-state index in [0.29, 0.717) is 18.7 Å². The van der Waals surface area contributed by atoms with Gasteiger partial charge in [-0.3, -0.25) is 4.31 Å². The number of aromatic nitrogens is 1. The lowest BCUT2D eigenvalue weighted by Crippen LogP contribution is -2.28. The molecule has 0 amide bonds. The summed E-state index contributed by atoms with van der Waals surface area (Å²) in [7, 11) is -1.84. The summed E-state index contributed by atoms with van der Waals surface area (Å²) < 4.78 is 28.3. The molecule has 0 bridgehead atoms. The summed E-state index contributed by atoms with van der Waals surface area (Å²) in [6.45, 7) is 0.329. The zero-order valence-corrected chi connectivity index (χ0v) is 12.2. The summed E-state index contributed by atoms with van der Waals surface area (Å²) >= 11 is 0. The summed E-state index contributed by atoms with van der Waals surface area (Å²) in [6.07, 6.45) is 3.75. The number of aromatic carboxylic acids is 1. The van der Waals surface area contributed by atoms with Crippen molar-refractivity contribution < 1.29 is 18.3 Å². The van der Waals surface area contributed by atoms with Crippen molar-refractivity contribution >= 4 is 21.7 Å². The number of carboxylic acids is 1. The van der Waals surface area contributed by atoms with Crippen LogP contribution in [0.2, 0.25) is 0 Å². The van der Waals surface area contributed by atoms with Crippen molar-refractivity contribution in [3.63, 3.8) is 0 Å². The quantitative estimate of drug-likeness (QED) is 0.931. The standard InChI is InChI=1S/C14H14N2O4S/c1-15-6-5-12(9-15)21(19,20)16-7-4-10-8-11(14(17)18)2-3-13(10)16/h2-3,5-6,8-9H,4,7H2,1H3,(H,17,18). The molecule has 3 rings (SSSR count). The lowest BCUT2D eigenvalue weighted by atomic mass is 10.1. The molecule has 110 valence electrons. The van der Waals surface area contributed by atoms with E-state index < -0.39 is 16.0 Å². The smallest absolute Gasteiger partial charge is 0.335 e. The van der Waals surface area contributed by atoms with Crippen LogP contribution in [0.5, 0.6) is 0 Å². The van der Waals surface area contributed by atoms with Crippen molar-refractivity contribution in [1.82, 2.24) is 4.57 Å². The first kappa shape index (κ1) is 13.7. The van der Waals surface area contributed by atoms with Gasteiger partial charge in [0.25, 0.3) is 10.0 Å². The van der Waals surface area contributed by atoms with Crippen molar-refractivity contribution in [2.45, 2.75) is 11.3 Å². The fraction of sp³-hybridized carbons (Fsp3) is 0.214. The summed E-state index contributed by atoms with van der Waals surface area (Å²) in [5.41, 5.74) is 1.48. The molecule has 2 aromatic rings. The van der Waals surface area contributed by atoms with Gasteiger partial charge in [0.05, 0.1) is 11.3 Å². The molecule has 1 N–H and O–H groups in total. The van der Waals surface area contributed by atoms with Crippen LogP contribution >= 0.6 is 0 Å². The van der Waals surface area contributed by atoms with Crippen molar-refractivity contribution in [2.75, 3.05) is 10.8 Å². The molecule has 1 aliphatic heterocycles. The van der Waals surface area contributed by atoms with Gasteiger partial charge in [-0.15, -0.1) is 0 Å². The predicted molar refractivity (Wildman–Crippen MR) is 77.1 cm³/mol. The second-order valence-electron chi connectivity index (χ2n) is 4.99. The number of hydrogen-bond acceptors (Lipinski definition) is 3. The Hall–Kier alpha value is -2.28. The number of aryl methyl sites for hydroxylation is 1. The van der Waals surface area contributed by atoms with Crippen LogP contribution in [0.4, 0.5) is 5.69 Å². The van der Waals surface area contributed by atoms with Gasteiger partial charge in [-0.2, -0.15) is 0 Å². The van der Waals surface area contributed by atoms with Crippen LogP contribution in [-0.4, -0.2) is 30.6 Å². The third-order valence-electron chi connectivity index (χ3n) is 3.57. The minimum Gasteiger partial charge on any atom is -0.478 e. The molecule has 1 aliphatic rings. The van der Waals surface area contributed by atoms with E-state index in [0.717, 1.165) is 5.56 Å². The lowest BCUT2D eigenvalue weighted by Gasteiger charge is -2.18. The molecule has 21 heavy (non-hydrogen) atoms. The first-order valence-electron chi connectivity index (χ1n) is 6.40. The molecule has 0 atom stereocenters. The Morgan fingerprint density at radius 1 is 1.29 bits per heavy atom. The van der Waals surface area contributed by atoms with Crippen LogP contribution in [0.1, 0.15) is 15.9 Å². The zero-order chi connectivity index (χ0) is 15.2. The van der Waals surface area contributed by atoms with E-state index >= 15 is 0 Å². The average molecular weight is 306 g/mol. The molecule has 2 heterocycles. The maximum absolute atomic E-state index is 12.6. The number of benzene rings is 1. The van der Waals surface area contributed by atoms with Gasteiger partial charge < -0.3 is 9.67 Å². The van der Waals surface area contributed by atoms with E-state index in [1.54, 1.807) is 36.1 Å². The van der Waals surface area contributed by atoms with E-state index in [9.17, 15) is 13.2 Å². The number of anilines is 1. The monoisotopic (exact) mass is 306 g/mol. The van der Waals surface area contributed by atoms with Gasteiger partial charge in [-0.05, 0) is 36.2 Å². The van der Waals surface area contributed by atoms with Crippen molar-refractivity contribution in [3.05, 3.63) is 47.8 Å². The minimum absolute atomic E-state index is 0.174. The van der Waals surface area contributed by atoms with E-state index in [2.05, 4.69) is 0 Å². The molecule has 0 saturated heterocycles. The molecule has 6 nitrogen and oxygen atoms in total. The first-order valence-corrected chi connectivity index (χ1v) is 7.84. The van der Waals surface area contributed by atoms with Gasteiger partial charge in [0.1, 0.15) is 4.90 Å². The lowest BCUT2D eigenvalue weighted by molar-refractivity contribution is 0.0697. The van der Waals surface area contributed by atoms with Crippen LogP contribution in [0.15, 0.2) is 41.6 Å². The predicted octanol–water partition coefficient (Wildman–Crippen LogP) is 1.47. The number of carbonyl (C=O) groups is 1. The average Bonchev–Trinajstić information content (AvgIpc) is 3.04. The molecule has 0 spiro atoms. The Balaban J connectivity index is 2.03. The second-order valence-corrected chi connectivity index (χ2v) is 6.85. The van der Waals surface area contributed by atoms with Crippen LogP contribution in [0.3, 0.4) is 0 Å². The van der Waals surface area contributed by atoms with Gasteiger partial charge >= 0.3 is 5.97 Å². The summed E-state index contributed by atoms with van der Waals surface area (Å²) in [6, 6.07) is 6.09. The molecule has 0 radical (unpaired) electrons. The molecule has 0 aliphatic carbocycles. The molecule has 0 unspecified atom stereocenters. The second kappa shape index (κ2) is 4.63. The highest BCUT2D eigenvalue weighted by Gasteiger charge is 2.31. The molecule has 0 saturated carbocycles. The number of nitrogens with zero attached hydrogens (tertiary/aromatic N) is 2. The Bertz CT molecular complexity index is 823.